The van der Waals surface area contributed by atoms with Gasteiger partial charge in [-0.1, -0.05) is 24.3 Å². The number of aromatic hydroxyl groups is 1. The molecule has 2 aromatic carbocycles. The van der Waals surface area contributed by atoms with Gasteiger partial charge >= 0.3 is 0 Å². The first-order valence-electron chi connectivity index (χ1n) is 6.86. The third-order valence-corrected chi connectivity index (χ3v) is 3.19. The molecule has 2 N–H and O–H groups in total. The fourth-order valence-corrected chi connectivity index (χ4v) is 1.84. The molecule has 0 fully saturated rings. The van der Waals surface area contributed by atoms with Crippen LogP contribution in [0.25, 0.3) is 0 Å². The molecule has 2 aromatic rings. The molecule has 0 saturated heterocycles. The molecule has 22 heavy (non-hydrogen) atoms. The Kier molecular flexibility index (Phi) is 5.14. The minimum Gasteiger partial charge on any atom is -0.508 e. The summed E-state index contributed by atoms with van der Waals surface area (Å²) in [5, 5.41) is 13.1. The van der Waals surface area contributed by atoms with Crippen LogP contribution in [0.2, 0.25) is 0 Å². The molecule has 2 rings (SSSR count). The van der Waals surface area contributed by atoms with Crippen molar-refractivity contribution in [1.29, 1.82) is 0 Å². The van der Waals surface area contributed by atoms with Gasteiger partial charge in [0.05, 0.1) is 6.21 Å². The first kappa shape index (κ1) is 15.6. The number of benzene rings is 2. The summed E-state index contributed by atoms with van der Waals surface area (Å²) in [6.45, 7) is 3.83. The first-order chi connectivity index (χ1) is 10.6. The molecule has 114 valence electrons. The number of nitrogens with zero attached hydrogens (tertiary/aromatic N) is 1. The number of carbonyl (C=O) groups is 1. The highest BCUT2D eigenvalue weighted by atomic mass is 16.5. The molecule has 0 bridgehead atoms. The van der Waals surface area contributed by atoms with E-state index < -0.39 is 0 Å². The van der Waals surface area contributed by atoms with Crippen molar-refractivity contribution in [3.63, 3.8) is 0 Å². The van der Waals surface area contributed by atoms with Gasteiger partial charge in [0, 0.05) is 0 Å². The SMILES string of the molecule is Cc1cccc(OCC(=O)N/N=C/c2cccc(O)c2)c1C. The van der Waals surface area contributed by atoms with Crippen molar-refractivity contribution in [2.45, 2.75) is 13.8 Å². The Bertz CT molecular complexity index is 696. The third kappa shape index (κ3) is 4.34. The molecule has 0 heterocycles. The van der Waals surface area contributed by atoms with E-state index in [2.05, 4.69) is 10.5 Å². The molecule has 0 aliphatic heterocycles. The Labute approximate surface area is 129 Å². The number of nitrogens with one attached hydrogen (secondary N) is 1. The summed E-state index contributed by atoms with van der Waals surface area (Å²) >= 11 is 0. The van der Waals surface area contributed by atoms with Crippen LogP contribution in [-0.2, 0) is 4.79 Å². The molecule has 0 aromatic heterocycles. The number of ether oxygens (including phenoxy) is 1. The zero-order valence-electron chi connectivity index (χ0n) is 12.5. The molecule has 0 spiro atoms. The molecule has 0 saturated carbocycles. The molecule has 0 unspecified atom stereocenters. The zero-order valence-corrected chi connectivity index (χ0v) is 12.5. The largest absolute Gasteiger partial charge is 0.508 e. The Hall–Kier alpha value is -2.82. The lowest BCUT2D eigenvalue weighted by Crippen LogP contribution is -2.24. The minimum absolute atomic E-state index is 0.109. The van der Waals surface area contributed by atoms with Crippen LogP contribution < -0.4 is 10.2 Å². The second-order valence-corrected chi connectivity index (χ2v) is 4.87. The highest BCUT2D eigenvalue weighted by Gasteiger charge is 2.05. The molecule has 0 atom stereocenters. The molecule has 0 radical (unpaired) electrons. The van der Waals surface area contributed by atoms with Crippen LogP contribution in [-0.4, -0.2) is 23.8 Å². The quantitative estimate of drug-likeness (QED) is 0.658. The zero-order chi connectivity index (χ0) is 15.9. The number of hydrazone groups is 1. The van der Waals surface area contributed by atoms with E-state index in [0.717, 1.165) is 11.1 Å². The number of hydrogen-bond acceptors (Lipinski definition) is 4. The topological polar surface area (TPSA) is 70.9 Å². The van der Waals surface area contributed by atoms with Gasteiger partial charge in [0.15, 0.2) is 6.61 Å². The first-order valence-corrected chi connectivity index (χ1v) is 6.86. The Morgan fingerprint density at radius 3 is 2.82 bits per heavy atom. The van der Waals surface area contributed by atoms with E-state index in [4.69, 9.17) is 4.74 Å². The van der Waals surface area contributed by atoms with E-state index in [1.807, 2.05) is 32.0 Å². The summed E-state index contributed by atoms with van der Waals surface area (Å²) < 4.78 is 5.48. The summed E-state index contributed by atoms with van der Waals surface area (Å²) in [5.41, 5.74) is 5.19. The fourth-order valence-electron chi connectivity index (χ4n) is 1.84. The lowest BCUT2D eigenvalue weighted by atomic mass is 10.1. The van der Waals surface area contributed by atoms with Crippen LogP contribution in [0, 0.1) is 13.8 Å². The summed E-state index contributed by atoms with van der Waals surface area (Å²) in [4.78, 5) is 11.7. The van der Waals surface area contributed by atoms with Crippen LogP contribution in [0.5, 0.6) is 11.5 Å². The van der Waals surface area contributed by atoms with Crippen molar-refractivity contribution in [3.8, 4) is 11.5 Å². The molecule has 5 heteroatoms. The van der Waals surface area contributed by atoms with Gasteiger partial charge in [-0.15, -0.1) is 0 Å². The van der Waals surface area contributed by atoms with Crippen molar-refractivity contribution < 1.29 is 14.6 Å². The maximum atomic E-state index is 11.7. The van der Waals surface area contributed by atoms with Crippen LogP contribution in [0.1, 0.15) is 16.7 Å². The second-order valence-electron chi connectivity index (χ2n) is 4.87. The second kappa shape index (κ2) is 7.26. The molecule has 5 nitrogen and oxygen atoms in total. The highest BCUT2D eigenvalue weighted by Crippen LogP contribution is 2.20. The lowest BCUT2D eigenvalue weighted by molar-refractivity contribution is -0.123. The minimum atomic E-state index is -0.350. The Morgan fingerprint density at radius 2 is 2.05 bits per heavy atom. The van der Waals surface area contributed by atoms with E-state index >= 15 is 0 Å². The van der Waals surface area contributed by atoms with Crippen molar-refractivity contribution in [2.24, 2.45) is 5.10 Å². The van der Waals surface area contributed by atoms with Crippen LogP contribution in [0.3, 0.4) is 0 Å². The monoisotopic (exact) mass is 298 g/mol. The molecule has 0 aliphatic rings. The smallest absolute Gasteiger partial charge is 0.277 e. The van der Waals surface area contributed by atoms with Crippen molar-refractivity contribution in [2.75, 3.05) is 6.61 Å². The summed E-state index contributed by atoms with van der Waals surface area (Å²) in [6, 6.07) is 12.3. The summed E-state index contributed by atoms with van der Waals surface area (Å²) in [6.07, 6.45) is 1.45. The fraction of sp³-hybridized carbons (Fsp3) is 0.176. The molecular weight excluding hydrogens is 280 g/mol. The van der Waals surface area contributed by atoms with Crippen LogP contribution >= 0.6 is 0 Å². The van der Waals surface area contributed by atoms with E-state index in [1.54, 1.807) is 24.3 Å². The number of amides is 1. The molecule has 0 aliphatic carbocycles. The Balaban J connectivity index is 1.84. The number of carbonyl (C=O) groups excluding carboxylic acids is 1. The molecular formula is C17H18N2O3. The van der Waals surface area contributed by atoms with Crippen LogP contribution in [0.15, 0.2) is 47.6 Å². The lowest BCUT2D eigenvalue weighted by Gasteiger charge is -2.09. The Morgan fingerprint density at radius 1 is 1.27 bits per heavy atom. The predicted octanol–water partition coefficient (Wildman–Crippen LogP) is 2.54. The third-order valence-electron chi connectivity index (χ3n) is 3.19. The van der Waals surface area contributed by atoms with Gasteiger partial charge in [0.25, 0.3) is 5.91 Å². The average Bonchev–Trinajstić information content (AvgIpc) is 2.49. The standard InChI is InChI=1S/C17H18N2O3/c1-12-5-3-8-16(13(12)2)22-11-17(21)19-18-10-14-6-4-7-15(20)9-14/h3-10,20H,11H2,1-2H3,(H,19,21)/b18-10+. The van der Waals surface area contributed by atoms with Gasteiger partial charge in [-0.05, 0) is 48.7 Å². The highest BCUT2D eigenvalue weighted by molar-refractivity contribution is 5.83. The maximum Gasteiger partial charge on any atom is 0.277 e. The number of hydrogen-bond donors (Lipinski definition) is 2. The summed E-state index contributed by atoms with van der Waals surface area (Å²) in [5.74, 6) is 0.484. The summed E-state index contributed by atoms with van der Waals surface area (Å²) in [7, 11) is 0. The molecule has 1 amide bonds. The normalized spacial score (nSPS) is 10.6. The number of aryl methyl sites for hydroxylation is 1. The number of rotatable bonds is 5. The predicted molar refractivity (Wildman–Crippen MR) is 85.3 cm³/mol. The average molecular weight is 298 g/mol. The van der Waals surface area contributed by atoms with Crippen molar-refractivity contribution >= 4 is 12.1 Å². The van der Waals surface area contributed by atoms with E-state index in [9.17, 15) is 9.90 Å². The maximum absolute atomic E-state index is 11.7. The van der Waals surface area contributed by atoms with Crippen molar-refractivity contribution in [1.82, 2.24) is 5.43 Å². The van der Waals surface area contributed by atoms with Gasteiger partial charge in [-0.3, -0.25) is 4.79 Å². The van der Waals surface area contributed by atoms with Gasteiger partial charge in [0.2, 0.25) is 0 Å². The van der Waals surface area contributed by atoms with Gasteiger partial charge in [0.1, 0.15) is 11.5 Å². The number of phenols is 1. The van der Waals surface area contributed by atoms with E-state index in [1.165, 1.54) is 6.21 Å². The van der Waals surface area contributed by atoms with Gasteiger partial charge in [-0.2, -0.15) is 5.10 Å². The number of phenolic OH excluding ortho intramolecular Hbond substituents is 1. The van der Waals surface area contributed by atoms with Crippen LogP contribution in [0.4, 0.5) is 0 Å². The van der Waals surface area contributed by atoms with E-state index in [-0.39, 0.29) is 18.3 Å². The van der Waals surface area contributed by atoms with Crippen molar-refractivity contribution in [3.05, 3.63) is 59.2 Å². The van der Waals surface area contributed by atoms with Gasteiger partial charge < -0.3 is 9.84 Å². The van der Waals surface area contributed by atoms with Gasteiger partial charge in [-0.25, -0.2) is 5.43 Å². The van der Waals surface area contributed by atoms with E-state index in [0.29, 0.717) is 11.3 Å².